The number of hydrogen-bond acceptors (Lipinski definition) is 2. The number of rotatable bonds is 14. The summed E-state index contributed by atoms with van der Waals surface area (Å²) < 4.78 is 0. The fraction of sp³-hybridized carbons (Fsp3) is 0.846. The van der Waals surface area contributed by atoms with E-state index in [-0.39, 0.29) is 18.5 Å². The van der Waals surface area contributed by atoms with Crippen LogP contribution in [-0.2, 0) is 9.59 Å². The Hall–Kier alpha value is -1.22. The van der Waals surface area contributed by atoms with Crippen LogP contribution in [0.4, 0.5) is 0 Å². The normalized spacial score (nSPS) is 12.1. The van der Waals surface area contributed by atoms with Gasteiger partial charge in [-0.3, -0.25) is 9.59 Å². The summed E-state index contributed by atoms with van der Waals surface area (Å²) in [5.74, 6) is -0.614. The van der Waals surface area contributed by atoms with E-state index in [1.165, 1.54) is 0 Å². The molecule has 0 rings (SSSR count). The summed E-state index contributed by atoms with van der Waals surface area (Å²) in [5.41, 5.74) is 12.7. The van der Waals surface area contributed by atoms with E-state index in [9.17, 15) is 9.59 Å². The summed E-state index contributed by atoms with van der Waals surface area (Å²) in [6, 6.07) is -0.142. The number of nitrogens with two attached hydrogens (primary N) is 3. The number of amides is 2. The molecule has 0 heterocycles. The third-order valence-corrected chi connectivity index (χ3v) is 3.26. The molecule has 1 atom stereocenters. The highest BCUT2D eigenvalue weighted by atomic mass is 16.2. The molecule has 0 aromatic heterocycles. The molecule has 0 aliphatic carbocycles. The van der Waals surface area contributed by atoms with E-state index in [1.54, 1.807) is 0 Å². The molecule has 1 unspecified atom stereocenters. The van der Waals surface area contributed by atoms with Gasteiger partial charge in [-0.2, -0.15) is 0 Å². The Morgan fingerprint density at radius 3 is 2.29 bits per heavy atom. The van der Waals surface area contributed by atoms with Gasteiger partial charge >= 0.3 is 0 Å². The summed E-state index contributed by atoms with van der Waals surface area (Å²) in [4.78, 5) is 22.8. The third kappa shape index (κ3) is 12.2. The zero-order valence-electron chi connectivity index (χ0n) is 13.1. The van der Waals surface area contributed by atoms with Crippen LogP contribution in [0.25, 0.3) is 0 Å². The first-order valence-corrected chi connectivity index (χ1v) is 7.91. The molecule has 0 fully saturated rings. The van der Waals surface area contributed by atoms with Gasteiger partial charge in [-0.25, -0.2) is 0 Å². The molecule has 0 aromatic carbocycles. The zero-order chi connectivity index (χ0) is 15.9. The Labute approximate surface area is 126 Å². The molecule has 0 spiro atoms. The standard InChI is InChI=1S/C13H30N6O2/c14-5-2-8-17-7-1-4-11(18-9-3-6-15)13(21)19-10-12(16)20/h11,17-18H,1-10,14-15H2,(H2,16,20)(H,19,21)/p+4. The summed E-state index contributed by atoms with van der Waals surface area (Å²) >= 11 is 0. The molecule has 2 amide bonds. The fourth-order valence-corrected chi connectivity index (χ4v) is 2.04. The SMILES string of the molecule is NC(=O)CNC(=O)C(CCC[NH2+]CCC[NH3+])[NH2+]CCC[NH3+]. The molecule has 8 heteroatoms. The number of nitrogens with one attached hydrogen (secondary N) is 1. The second-order valence-corrected chi connectivity index (χ2v) is 5.24. The number of carbonyl (C=O) groups is 2. The first-order chi connectivity index (χ1) is 10.1. The van der Waals surface area contributed by atoms with Crippen LogP contribution in [0.5, 0.6) is 0 Å². The van der Waals surface area contributed by atoms with Crippen LogP contribution < -0.4 is 33.2 Å². The van der Waals surface area contributed by atoms with Crippen molar-refractivity contribution in [1.82, 2.24) is 5.32 Å². The maximum atomic E-state index is 12.0. The van der Waals surface area contributed by atoms with Crippen LogP contribution in [0.15, 0.2) is 0 Å². The summed E-state index contributed by atoms with van der Waals surface area (Å²) in [6.07, 6.45) is 3.89. The highest BCUT2D eigenvalue weighted by molar-refractivity contribution is 5.85. The minimum atomic E-state index is -0.513. The highest BCUT2D eigenvalue weighted by Gasteiger charge is 2.21. The topological polar surface area (TPSA) is 161 Å². The minimum absolute atomic E-state index is 0.0892. The van der Waals surface area contributed by atoms with Gasteiger partial charge in [-0.05, 0) is 0 Å². The number of primary amides is 1. The van der Waals surface area contributed by atoms with E-state index in [2.05, 4.69) is 22.1 Å². The molecule has 21 heavy (non-hydrogen) atoms. The maximum absolute atomic E-state index is 12.0. The molecule has 0 aliphatic rings. The van der Waals surface area contributed by atoms with Crippen LogP contribution in [-0.4, -0.2) is 57.1 Å². The van der Waals surface area contributed by atoms with Crippen LogP contribution in [0.3, 0.4) is 0 Å². The molecule has 8 nitrogen and oxygen atoms in total. The van der Waals surface area contributed by atoms with Gasteiger partial charge in [0.15, 0.2) is 6.04 Å². The lowest BCUT2D eigenvalue weighted by molar-refractivity contribution is -0.683. The second kappa shape index (κ2) is 13.7. The first kappa shape index (κ1) is 19.8. The van der Waals surface area contributed by atoms with Gasteiger partial charge in [0.25, 0.3) is 5.91 Å². The minimum Gasteiger partial charge on any atom is -0.368 e. The van der Waals surface area contributed by atoms with Gasteiger partial charge < -0.3 is 33.2 Å². The molecule has 0 saturated heterocycles. The van der Waals surface area contributed by atoms with Gasteiger partial charge in [-0.1, -0.05) is 0 Å². The monoisotopic (exact) mass is 306 g/mol. The largest absolute Gasteiger partial charge is 0.368 e. The van der Waals surface area contributed by atoms with E-state index in [0.717, 1.165) is 58.4 Å². The van der Waals surface area contributed by atoms with Gasteiger partial charge in [-0.15, -0.1) is 0 Å². The molecule has 0 radical (unpaired) electrons. The Morgan fingerprint density at radius 1 is 1.05 bits per heavy atom. The summed E-state index contributed by atoms with van der Waals surface area (Å²) in [6.45, 7) is 4.73. The van der Waals surface area contributed by atoms with Crippen molar-refractivity contribution >= 4 is 11.8 Å². The number of quaternary nitrogens is 4. The average Bonchev–Trinajstić information content (AvgIpc) is 2.46. The van der Waals surface area contributed by atoms with Crippen molar-refractivity contribution in [1.29, 1.82) is 0 Å². The average molecular weight is 306 g/mol. The molecule has 0 aromatic rings. The molecule has 13 N–H and O–H groups in total. The van der Waals surface area contributed by atoms with Crippen LogP contribution in [0, 0.1) is 0 Å². The van der Waals surface area contributed by atoms with E-state index in [0.29, 0.717) is 0 Å². The quantitative estimate of drug-likeness (QED) is 0.176. The fourth-order valence-electron chi connectivity index (χ4n) is 2.04. The highest BCUT2D eigenvalue weighted by Crippen LogP contribution is 1.91. The van der Waals surface area contributed by atoms with Crippen molar-refractivity contribution in [3.05, 3.63) is 0 Å². The van der Waals surface area contributed by atoms with E-state index in [4.69, 9.17) is 5.73 Å². The smallest absolute Gasteiger partial charge is 0.278 e. The van der Waals surface area contributed by atoms with Crippen LogP contribution in [0.2, 0.25) is 0 Å². The summed E-state index contributed by atoms with van der Waals surface area (Å²) in [5, 5.41) is 6.89. The third-order valence-electron chi connectivity index (χ3n) is 3.26. The predicted octanol–water partition coefficient (Wildman–Crippen LogP) is -5.87. The van der Waals surface area contributed by atoms with E-state index < -0.39 is 5.91 Å². The Balaban J connectivity index is 4.00. The maximum Gasteiger partial charge on any atom is 0.278 e. The lowest BCUT2D eigenvalue weighted by Crippen LogP contribution is -2.93. The van der Waals surface area contributed by atoms with Crippen molar-refractivity contribution in [3.63, 3.8) is 0 Å². The van der Waals surface area contributed by atoms with Crippen molar-refractivity contribution < 1.29 is 31.7 Å². The van der Waals surface area contributed by atoms with Gasteiger partial charge in [0, 0.05) is 25.7 Å². The van der Waals surface area contributed by atoms with Crippen molar-refractivity contribution in [3.8, 4) is 0 Å². The zero-order valence-corrected chi connectivity index (χ0v) is 13.1. The molecular weight excluding hydrogens is 272 g/mol. The van der Waals surface area contributed by atoms with Gasteiger partial charge in [0.05, 0.1) is 39.3 Å². The molecule has 0 bridgehead atoms. The Morgan fingerprint density at radius 2 is 1.67 bits per heavy atom. The van der Waals surface area contributed by atoms with Crippen molar-refractivity contribution in [2.45, 2.75) is 31.7 Å². The molecule has 0 saturated carbocycles. The predicted molar refractivity (Wildman–Crippen MR) is 78.4 cm³/mol. The lowest BCUT2D eigenvalue weighted by Gasteiger charge is -2.14. The Bertz CT molecular complexity index is 288. The second-order valence-electron chi connectivity index (χ2n) is 5.24. The van der Waals surface area contributed by atoms with E-state index >= 15 is 0 Å². The van der Waals surface area contributed by atoms with Crippen molar-refractivity contribution in [2.24, 2.45) is 5.73 Å². The summed E-state index contributed by atoms with van der Waals surface area (Å²) in [7, 11) is 0. The number of carbonyl (C=O) groups excluding carboxylic acids is 2. The molecule has 0 aliphatic heterocycles. The van der Waals surface area contributed by atoms with Gasteiger partial charge in [0.1, 0.15) is 0 Å². The Kier molecular flexibility index (Phi) is 13.0. The molecular formula is C13H34N6O2+4. The van der Waals surface area contributed by atoms with E-state index in [1.807, 2.05) is 5.32 Å². The van der Waals surface area contributed by atoms with Crippen molar-refractivity contribution in [2.75, 3.05) is 39.3 Å². The lowest BCUT2D eigenvalue weighted by atomic mass is 10.1. The van der Waals surface area contributed by atoms with Crippen LogP contribution in [0.1, 0.15) is 25.7 Å². The first-order valence-electron chi connectivity index (χ1n) is 7.91. The number of hydrogen-bond donors (Lipinski definition) is 6. The van der Waals surface area contributed by atoms with Gasteiger partial charge in [0.2, 0.25) is 5.91 Å². The van der Waals surface area contributed by atoms with Crippen LogP contribution >= 0.6 is 0 Å². The molecule has 124 valence electrons.